The topological polar surface area (TPSA) is 55.6 Å². The minimum atomic E-state index is 0.564. The van der Waals surface area contributed by atoms with E-state index in [-0.39, 0.29) is 0 Å². The molecule has 2 heterocycles. The summed E-state index contributed by atoms with van der Waals surface area (Å²) in [5.74, 6) is 2.19. The summed E-state index contributed by atoms with van der Waals surface area (Å²) in [4.78, 5) is 9.32. The van der Waals surface area contributed by atoms with Crippen molar-refractivity contribution in [1.82, 2.24) is 19.7 Å². The lowest BCUT2D eigenvalue weighted by Crippen LogP contribution is -2.07. The van der Waals surface area contributed by atoms with Crippen molar-refractivity contribution in [3.05, 3.63) is 21.7 Å². The van der Waals surface area contributed by atoms with E-state index in [0.29, 0.717) is 5.92 Å². The number of rotatable bonds is 5. The van der Waals surface area contributed by atoms with Crippen molar-refractivity contribution >= 4 is 28.4 Å². The highest BCUT2D eigenvalue weighted by Crippen LogP contribution is 2.25. The normalized spacial score (nSPS) is 11.1. The zero-order valence-electron chi connectivity index (χ0n) is 12.3. The summed E-state index contributed by atoms with van der Waals surface area (Å²) >= 11 is 2.31. The molecule has 2 rings (SSSR count). The Kier molecular flexibility index (Phi) is 4.95. The molecule has 5 nitrogen and oxygen atoms in total. The van der Waals surface area contributed by atoms with Gasteiger partial charge in [-0.1, -0.05) is 13.8 Å². The van der Waals surface area contributed by atoms with Crippen molar-refractivity contribution in [2.24, 2.45) is 5.92 Å². The Morgan fingerprint density at radius 1 is 1.35 bits per heavy atom. The molecule has 0 aliphatic heterocycles. The van der Waals surface area contributed by atoms with Gasteiger partial charge in [-0.3, -0.25) is 4.68 Å². The van der Waals surface area contributed by atoms with Gasteiger partial charge in [-0.2, -0.15) is 5.10 Å². The van der Waals surface area contributed by atoms with Crippen molar-refractivity contribution in [1.29, 1.82) is 0 Å². The smallest absolute Gasteiger partial charge is 0.165 e. The fourth-order valence-electron chi connectivity index (χ4n) is 1.96. The monoisotopic (exact) mass is 385 g/mol. The Hall–Kier alpha value is -1.18. The third-order valence-electron chi connectivity index (χ3n) is 2.97. The molecule has 108 valence electrons. The molecule has 0 amide bonds. The van der Waals surface area contributed by atoms with E-state index in [2.05, 4.69) is 58.8 Å². The summed E-state index contributed by atoms with van der Waals surface area (Å²) in [6, 6.07) is 0. The molecule has 0 spiro atoms. The van der Waals surface area contributed by atoms with Gasteiger partial charge in [0, 0.05) is 19.8 Å². The number of aromatic nitrogens is 4. The fourth-order valence-corrected chi connectivity index (χ4v) is 2.69. The van der Waals surface area contributed by atoms with Crippen LogP contribution in [0.2, 0.25) is 0 Å². The van der Waals surface area contributed by atoms with Gasteiger partial charge in [0.25, 0.3) is 0 Å². The van der Waals surface area contributed by atoms with Gasteiger partial charge in [0.2, 0.25) is 0 Å². The maximum absolute atomic E-state index is 4.73. The maximum Gasteiger partial charge on any atom is 0.165 e. The predicted octanol–water partition coefficient (Wildman–Crippen LogP) is 3.20. The quantitative estimate of drug-likeness (QED) is 0.804. The van der Waals surface area contributed by atoms with Gasteiger partial charge in [-0.15, -0.1) is 0 Å². The number of anilines is 1. The molecular weight excluding hydrogens is 365 g/mol. The molecule has 1 N–H and O–H groups in total. The van der Waals surface area contributed by atoms with Crippen LogP contribution in [0.3, 0.4) is 0 Å². The molecule has 0 unspecified atom stereocenters. The van der Waals surface area contributed by atoms with Gasteiger partial charge < -0.3 is 5.32 Å². The van der Waals surface area contributed by atoms with E-state index in [1.165, 1.54) is 0 Å². The van der Waals surface area contributed by atoms with E-state index in [1.54, 1.807) is 0 Å². The van der Waals surface area contributed by atoms with E-state index < -0.39 is 0 Å². The van der Waals surface area contributed by atoms with Gasteiger partial charge in [0.1, 0.15) is 5.82 Å². The summed E-state index contributed by atoms with van der Waals surface area (Å²) in [6.07, 6.45) is 4.76. The molecular formula is C14H20IN5. The van der Waals surface area contributed by atoms with Crippen LogP contribution in [0.4, 0.5) is 5.82 Å². The van der Waals surface area contributed by atoms with Gasteiger partial charge in [0.15, 0.2) is 5.82 Å². The highest BCUT2D eigenvalue weighted by atomic mass is 127. The highest BCUT2D eigenvalue weighted by molar-refractivity contribution is 14.1. The van der Waals surface area contributed by atoms with Gasteiger partial charge in [-0.05, 0) is 41.9 Å². The van der Waals surface area contributed by atoms with Gasteiger partial charge in [0.05, 0.1) is 21.0 Å². The second kappa shape index (κ2) is 6.51. The Bertz CT molecular complexity index is 591. The van der Waals surface area contributed by atoms with Crippen LogP contribution in [-0.2, 0) is 13.0 Å². The molecule has 0 saturated carbocycles. The van der Waals surface area contributed by atoms with Crippen molar-refractivity contribution in [2.75, 3.05) is 12.4 Å². The lowest BCUT2D eigenvalue weighted by Gasteiger charge is -2.12. The molecule has 0 fully saturated rings. The van der Waals surface area contributed by atoms with Crippen LogP contribution in [0.1, 0.15) is 26.5 Å². The number of nitrogens with zero attached hydrogens (tertiary/aromatic N) is 4. The molecule has 2 aromatic rings. The van der Waals surface area contributed by atoms with Crippen LogP contribution in [0.15, 0.2) is 12.4 Å². The fraction of sp³-hybridized carbons (Fsp3) is 0.500. The van der Waals surface area contributed by atoms with Crippen LogP contribution >= 0.6 is 22.6 Å². The highest BCUT2D eigenvalue weighted by Gasteiger charge is 2.14. The van der Waals surface area contributed by atoms with E-state index in [9.17, 15) is 0 Å². The molecule has 20 heavy (non-hydrogen) atoms. The number of halogens is 1. The van der Waals surface area contributed by atoms with Gasteiger partial charge in [-0.25, -0.2) is 9.97 Å². The van der Waals surface area contributed by atoms with Crippen molar-refractivity contribution in [3.63, 3.8) is 0 Å². The number of nitrogens with one attached hydrogen (secondary N) is 1. The van der Waals surface area contributed by atoms with Crippen LogP contribution in [0, 0.1) is 9.49 Å². The average molecular weight is 385 g/mol. The molecule has 0 radical (unpaired) electrons. The summed E-state index contributed by atoms with van der Waals surface area (Å²) in [6.45, 7) is 7.31. The predicted molar refractivity (Wildman–Crippen MR) is 89.7 cm³/mol. The molecule has 0 aromatic carbocycles. The number of aryl methyl sites for hydroxylation is 1. The second-order valence-corrected chi connectivity index (χ2v) is 6.17. The SMILES string of the molecule is CCn1cc(-c2nc(CC(C)C)c(I)c(NC)n2)cn1. The lowest BCUT2D eigenvalue weighted by molar-refractivity contribution is 0.632. The molecule has 2 aromatic heterocycles. The Labute approximate surface area is 133 Å². The van der Waals surface area contributed by atoms with Gasteiger partial charge >= 0.3 is 0 Å². The number of hydrogen-bond donors (Lipinski definition) is 1. The Balaban J connectivity index is 2.47. The molecule has 0 aliphatic carbocycles. The van der Waals surface area contributed by atoms with Crippen LogP contribution in [0.5, 0.6) is 0 Å². The summed E-state index contributed by atoms with van der Waals surface area (Å²) in [5.41, 5.74) is 2.06. The first-order valence-electron chi connectivity index (χ1n) is 6.82. The van der Waals surface area contributed by atoms with Crippen LogP contribution < -0.4 is 5.32 Å². The van der Waals surface area contributed by atoms with E-state index in [0.717, 1.165) is 39.4 Å². The molecule has 6 heteroatoms. The van der Waals surface area contributed by atoms with Crippen molar-refractivity contribution < 1.29 is 0 Å². The van der Waals surface area contributed by atoms with E-state index >= 15 is 0 Å². The van der Waals surface area contributed by atoms with Crippen LogP contribution in [0.25, 0.3) is 11.4 Å². The third-order valence-corrected chi connectivity index (χ3v) is 4.11. The lowest BCUT2D eigenvalue weighted by atomic mass is 10.1. The zero-order valence-corrected chi connectivity index (χ0v) is 14.5. The van der Waals surface area contributed by atoms with E-state index in [1.807, 2.05) is 24.1 Å². The summed E-state index contributed by atoms with van der Waals surface area (Å²) < 4.78 is 2.99. The molecule has 0 aliphatic rings. The first kappa shape index (κ1) is 15.2. The standard InChI is InChI=1S/C14H20IN5/c1-5-20-8-10(7-17-20)13-18-11(6-9(2)3)12(15)14(16-4)19-13/h7-9H,5-6H2,1-4H3,(H,16,18,19). The van der Waals surface area contributed by atoms with Crippen molar-refractivity contribution in [3.8, 4) is 11.4 Å². The molecule has 0 saturated heterocycles. The second-order valence-electron chi connectivity index (χ2n) is 5.09. The maximum atomic E-state index is 4.73. The van der Waals surface area contributed by atoms with Crippen LogP contribution in [-0.4, -0.2) is 26.8 Å². The summed E-state index contributed by atoms with van der Waals surface area (Å²) in [5, 5.41) is 7.45. The summed E-state index contributed by atoms with van der Waals surface area (Å²) in [7, 11) is 1.89. The minimum absolute atomic E-state index is 0.564. The Morgan fingerprint density at radius 3 is 2.65 bits per heavy atom. The van der Waals surface area contributed by atoms with E-state index in [4.69, 9.17) is 4.98 Å². The largest absolute Gasteiger partial charge is 0.372 e. The zero-order chi connectivity index (χ0) is 14.7. The molecule has 0 atom stereocenters. The number of hydrogen-bond acceptors (Lipinski definition) is 4. The third kappa shape index (κ3) is 3.28. The molecule has 0 bridgehead atoms. The minimum Gasteiger partial charge on any atom is -0.372 e. The first-order chi connectivity index (χ1) is 9.55. The Morgan fingerprint density at radius 2 is 2.10 bits per heavy atom. The average Bonchev–Trinajstić information content (AvgIpc) is 2.89. The first-order valence-corrected chi connectivity index (χ1v) is 7.90. The van der Waals surface area contributed by atoms with Crippen molar-refractivity contribution in [2.45, 2.75) is 33.7 Å².